The van der Waals surface area contributed by atoms with Crippen LogP contribution in [0.2, 0.25) is 0 Å². The second-order valence-corrected chi connectivity index (χ2v) is 21.2. The van der Waals surface area contributed by atoms with E-state index in [0.29, 0.717) is 0 Å². The van der Waals surface area contributed by atoms with Gasteiger partial charge >= 0.3 is 14.0 Å². The predicted octanol–water partition coefficient (Wildman–Crippen LogP) is 14.8. The van der Waals surface area contributed by atoms with Gasteiger partial charge in [-0.15, -0.1) is 0 Å². The maximum absolute atomic E-state index is 5.22. The number of hydrogen-bond donors (Lipinski definition) is 0. The maximum atomic E-state index is 5.22. The molecule has 15 rings (SSSR count). The fourth-order valence-corrected chi connectivity index (χ4v) is 13.1. The van der Waals surface area contributed by atoms with E-state index in [1.165, 1.54) is 44.0 Å². The summed E-state index contributed by atoms with van der Waals surface area (Å²) in [4.78, 5) is 15.2. The number of nitrogens with zero attached hydrogens (tertiary/aromatic N) is 8. The fraction of sp³-hybridized carbons (Fsp3) is 0.0571. The molecule has 80 heavy (non-hydrogen) atoms. The third kappa shape index (κ3) is 7.32. The molecule has 2 aliphatic heterocycles. The monoisotopic (exact) mass is 1030 g/mol. The first-order valence-electron chi connectivity index (χ1n) is 27.5. The number of rotatable bonds is 9. The van der Waals surface area contributed by atoms with Gasteiger partial charge in [-0.3, -0.25) is 9.13 Å². The van der Waals surface area contributed by atoms with Gasteiger partial charge in [-0.25, -0.2) is 4.98 Å². The summed E-state index contributed by atoms with van der Waals surface area (Å²) in [7, 11) is 0. The van der Waals surface area contributed by atoms with Crippen LogP contribution in [0.3, 0.4) is 0 Å². The smallest absolute Gasteiger partial charge is 0.360 e. The van der Waals surface area contributed by atoms with E-state index in [1.54, 1.807) is 0 Å². The lowest BCUT2D eigenvalue weighted by Crippen LogP contribution is -2.55. The largest absolute Gasteiger partial charge is 0.422 e. The Morgan fingerprint density at radius 2 is 0.850 bits per heavy atom. The topological polar surface area (TPSA) is 39.6 Å². The fourth-order valence-electron chi connectivity index (χ4n) is 13.1. The van der Waals surface area contributed by atoms with Crippen molar-refractivity contribution in [1.82, 2.24) is 14.1 Å². The SMILES string of the molecule is Cc1cccc(C)c1B1N(c2ccccc2)c2ccc(-n3[c-][n+](-c4ccccc4-n4c5ccccc5c5ccccc54)c4ccccc43)cc2N1c1cccc(N2B(c3c(C)cccc3C)N(c3ccccc3)c3cccnc32)c1. The molecular formula is C70H54B2N8. The zero-order chi connectivity index (χ0) is 53.6. The van der Waals surface area contributed by atoms with Crippen LogP contribution in [0.25, 0.3) is 49.9 Å². The minimum atomic E-state index is -0.258. The number of para-hydroxylation sites is 8. The van der Waals surface area contributed by atoms with Gasteiger partial charge in [-0.1, -0.05) is 174 Å². The van der Waals surface area contributed by atoms with Gasteiger partial charge in [0, 0.05) is 39.7 Å². The van der Waals surface area contributed by atoms with E-state index in [0.717, 1.165) is 84.8 Å². The predicted molar refractivity (Wildman–Crippen MR) is 333 cm³/mol. The molecule has 10 heteroatoms. The Kier molecular flexibility index (Phi) is 11.1. The summed E-state index contributed by atoms with van der Waals surface area (Å²) < 4.78 is 6.89. The number of imidazole rings is 1. The van der Waals surface area contributed by atoms with Crippen LogP contribution in [0.15, 0.2) is 255 Å². The van der Waals surface area contributed by atoms with Gasteiger partial charge in [0.15, 0.2) is 0 Å². The second-order valence-electron chi connectivity index (χ2n) is 21.2. The molecule has 5 heterocycles. The molecule has 0 radical (unpaired) electrons. The summed E-state index contributed by atoms with van der Waals surface area (Å²) in [5, 5.41) is 2.45. The van der Waals surface area contributed by atoms with Crippen molar-refractivity contribution in [1.29, 1.82) is 0 Å². The molecule has 380 valence electrons. The van der Waals surface area contributed by atoms with E-state index in [4.69, 9.17) is 4.98 Å². The first-order chi connectivity index (χ1) is 39.4. The summed E-state index contributed by atoms with van der Waals surface area (Å²) in [5.74, 6) is 0.908. The number of pyridine rings is 1. The van der Waals surface area contributed by atoms with Gasteiger partial charge in [0.05, 0.1) is 56.2 Å². The van der Waals surface area contributed by atoms with Gasteiger partial charge < -0.3 is 23.8 Å². The zero-order valence-corrected chi connectivity index (χ0v) is 45.0. The highest BCUT2D eigenvalue weighted by Crippen LogP contribution is 2.50. The third-order valence-corrected chi connectivity index (χ3v) is 16.5. The average Bonchev–Trinajstić information content (AvgIpc) is 4.35. The molecule has 0 atom stereocenters. The van der Waals surface area contributed by atoms with Crippen molar-refractivity contribution in [2.75, 3.05) is 19.2 Å². The van der Waals surface area contributed by atoms with E-state index in [-0.39, 0.29) is 14.0 Å². The number of aromatic nitrogens is 4. The van der Waals surface area contributed by atoms with Crippen molar-refractivity contribution in [3.8, 4) is 17.1 Å². The van der Waals surface area contributed by atoms with Crippen LogP contribution >= 0.6 is 0 Å². The number of fused-ring (bicyclic) bond motifs is 6. The quantitative estimate of drug-likeness (QED) is 0.0818. The first kappa shape index (κ1) is 47.2. The van der Waals surface area contributed by atoms with Gasteiger partial charge in [-0.05, 0) is 136 Å². The summed E-state index contributed by atoms with van der Waals surface area (Å²) in [6.45, 7) is 8.50. The average molecular weight is 1030 g/mol. The molecular weight excluding hydrogens is 974 g/mol. The summed E-state index contributed by atoms with van der Waals surface area (Å²) >= 11 is 0. The maximum Gasteiger partial charge on any atom is 0.422 e. The third-order valence-electron chi connectivity index (χ3n) is 16.5. The van der Waals surface area contributed by atoms with E-state index in [9.17, 15) is 0 Å². The van der Waals surface area contributed by atoms with Crippen LogP contribution in [0.4, 0.5) is 45.6 Å². The zero-order valence-electron chi connectivity index (χ0n) is 45.0. The van der Waals surface area contributed by atoms with Crippen molar-refractivity contribution in [2.24, 2.45) is 0 Å². The number of aryl methyl sites for hydroxylation is 4. The molecule has 0 aliphatic carbocycles. The Labute approximate surface area is 467 Å². The van der Waals surface area contributed by atoms with Gasteiger partial charge in [0.2, 0.25) is 0 Å². The molecule has 0 fully saturated rings. The number of anilines is 8. The lowest BCUT2D eigenvalue weighted by atomic mass is 9.60. The Morgan fingerprint density at radius 3 is 1.50 bits per heavy atom. The molecule has 0 bridgehead atoms. The van der Waals surface area contributed by atoms with Crippen LogP contribution in [0, 0.1) is 34.0 Å². The highest BCUT2D eigenvalue weighted by molar-refractivity contribution is 6.86. The van der Waals surface area contributed by atoms with Crippen molar-refractivity contribution in [2.45, 2.75) is 27.7 Å². The molecule has 8 nitrogen and oxygen atoms in total. The molecule has 2 aliphatic rings. The second kappa shape index (κ2) is 18.9. The van der Waals surface area contributed by atoms with Crippen LogP contribution in [-0.4, -0.2) is 28.1 Å². The molecule has 0 saturated carbocycles. The molecule has 0 unspecified atom stereocenters. The summed E-state index contributed by atoms with van der Waals surface area (Å²) in [6, 6.07) is 90.2. The molecule has 0 N–H and O–H groups in total. The Morgan fingerprint density at radius 1 is 0.362 bits per heavy atom. The molecule has 0 spiro atoms. The molecule has 10 aromatic carbocycles. The molecule has 0 saturated heterocycles. The lowest BCUT2D eigenvalue weighted by Gasteiger charge is -2.34. The molecule has 13 aromatic rings. The highest BCUT2D eigenvalue weighted by Gasteiger charge is 2.48. The van der Waals surface area contributed by atoms with Crippen molar-refractivity contribution >= 4 is 103 Å². The lowest BCUT2D eigenvalue weighted by molar-refractivity contribution is -0.572. The minimum Gasteiger partial charge on any atom is -0.360 e. The molecule has 3 aromatic heterocycles. The minimum absolute atomic E-state index is 0.226. The van der Waals surface area contributed by atoms with E-state index in [1.807, 2.05) is 6.20 Å². The highest BCUT2D eigenvalue weighted by atomic mass is 15.3. The summed E-state index contributed by atoms with van der Waals surface area (Å²) in [5.41, 5.74) is 22.5. The summed E-state index contributed by atoms with van der Waals surface area (Å²) in [6.07, 6.45) is 5.87. The molecule has 0 amide bonds. The van der Waals surface area contributed by atoms with Crippen molar-refractivity contribution < 1.29 is 4.57 Å². The van der Waals surface area contributed by atoms with Crippen LogP contribution < -0.4 is 34.7 Å². The van der Waals surface area contributed by atoms with E-state index >= 15 is 0 Å². The van der Waals surface area contributed by atoms with Crippen LogP contribution in [0.1, 0.15) is 22.3 Å². The van der Waals surface area contributed by atoms with Crippen LogP contribution in [0.5, 0.6) is 0 Å². The normalized spacial score (nSPS) is 13.1. The Bertz CT molecular complexity index is 4460. The van der Waals surface area contributed by atoms with E-state index < -0.39 is 0 Å². The Balaban J connectivity index is 0.945. The number of hydrogen-bond acceptors (Lipinski definition) is 5. The standard InChI is InChI=1S/C70H54B2N8/c1-48-23-19-24-49(2)68(48)71-77(52-27-7-5-8-28-52)65-43-42-54(74-47-75(62-38-16-15-37-61(62)74)63-39-17-18-40-64(63)76-59-35-13-11-33-57(59)58-34-12-14-36-60(58)76)46-67(65)79(71)55-31-21-32-56(45-55)80-70-66(41-22-44-73-70)78(53-29-9-6-10-30-53)72(80)69-50(3)25-20-26-51(69)4/h5-46H,1-4H3. The van der Waals surface area contributed by atoms with E-state index in [2.05, 4.69) is 316 Å². The van der Waals surface area contributed by atoms with Gasteiger partial charge in [0.1, 0.15) is 5.82 Å². The van der Waals surface area contributed by atoms with Gasteiger partial charge in [0.25, 0.3) is 6.33 Å². The Hall–Kier alpha value is -10.1. The van der Waals surface area contributed by atoms with Gasteiger partial charge in [-0.2, -0.15) is 0 Å². The van der Waals surface area contributed by atoms with Crippen LogP contribution in [-0.2, 0) is 0 Å². The number of benzene rings is 10. The van der Waals surface area contributed by atoms with Crippen molar-refractivity contribution in [3.05, 3.63) is 283 Å². The van der Waals surface area contributed by atoms with Crippen molar-refractivity contribution in [3.63, 3.8) is 0 Å². The first-order valence-corrected chi connectivity index (χ1v) is 27.5.